The molecule has 2 aliphatic carbocycles. The van der Waals surface area contributed by atoms with Crippen LogP contribution in [0.2, 0.25) is 0 Å². The summed E-state index contributed by atoms with van der Waals surface area (Å²) in [7, 11) is 0. The maximum Gasteiger partial charge on any atom is 0.250 e. The van der Waals surface area contributed by atoms with Crippen LogP contribution in [0.25, 0.3) is 10.1 Å². The van der Waals surface area contributed by atoms with Gasteiger partial charge in [-0.3, -0.25) is 0 Å². The molecule has 0 amide bonds. The Labute approximate surface area is 296 Å². The van der Waals surface area contributed by atoms with Crippen molar-refractivity contribution >= 4 is 38.6 Å². The number of hydrogen-bond donors (Lipinski definition) is 0. The number of benzene rings is 1. The van der Waals surface area contributed by atoms with E-state index in [0.717, 1.165) is 19.4 Å². The molecule has 2 aromatic rings. The van der Waals surface area contributed by atoms with Crippen LogP contribution in [0, 0.1) is 17.3 Å². The summed E-state index contributed by atoms with van der Waals surface area (Å²) in [6.07, 6.45) is 23.5. The molecule has 6 rings (SSSR count). The van der Waals surface area contributed by atoms with Crippen molar-refractivity contribution in [1.82, 2.24) is 4.90 Å². The minimum atomic E-state index is 0.173. The van der Waals surface area contributed by atoms with E-state index < -0.39 is 0 Å². The fourth-order valence-electron chi connectivity index (χ4n) is 8.34. The molecule has 0 radical (unpaired) electrons. The minimum Gasteiger partial charge on any atom is -0.346 e. The van der Waals surface area contributed by atoms with Crippen molar-refractivity contribution in [3.8, 4) is 0 Å². The number of nitrogens with zero attached hydrogens (tertiary/aromatic N) is 2. The zero-order chi connectivity index (χ0) is 34.8. The zero-order valence-electron chi connectivity index (χ0n) is 31.7. The SMILES string of the molecule is C=CC(C/C=C/C(C)(C)C)N1C=C2CN(C3=CCC(C(C)C)C=C3/C=C/C)c3c(sc4cc5c(cc34)C(C)(C)CCC5(C)C)B2C=C1C. The van der Waals surface area contributed by atoms with Crippen LogP contribution in [0.15, 0.2) is 95.9 Å². The molecule has 48 heavy (non-hydrogen) atoms. The molecular formula is C44H59BN2S. The first-order valence-electron chi connectivity index (χ1n) is 18.5. The summed E-state index contributed by atoms with van der Waals surface area (Å²) in [5.74, 6) is 3.73. The molecule has 0 bridgehead atoms. The van der Waals surface area contributed by atoms with E-state index in [4.69, 9.17) is 0 Å². The predicted molar refractivity (Wildman–Crippen MR) is 215 cm³/mol. The topological polar surface area (TPSA) is 6.48 Å². The third-order valence-corrected chi connectivity index (χ3v) is 12.7. The van der Waals surface area contributed by atoms with Crippen LogP contribution >= 0.6 is 11.3 Å². The van der Waals surface area contributed by atoms with Crippen LogP contribution in [0.3, 0.4) is 0 Å². The van der Waals surface area contributed by atoms with Gasteiger partial charge in [-0.1, -0.05) is 116 Å². The normalized spacial score (nSPS) is 22.8. The summed E-state index contributed by atoms with van der Waals surface area (Å²) >= 11 is 2.04. The van der Waals surface area contributed by atoms with Crippen molar-refractivity contribution in [2.45, 2.75) is 119 Å². The highest BCUT2D eigenvalue weighted by molar-refractivity contribution is 7.31. The van der Waals surface area contributed by atoms with Crippen molar-refractivity contribution in [2.24, 2.45) is 17.3 Å². The quantitative estimate of drug-likeness (QED) is 0.216. The minimum absolute atomic E-state index is 0.173. The first-order chi connectivity index (χ1) is 22.5. The molecule has 254 valence electrons. The Morgan fingerprint density at radius 1 is 1.08 bits per heavy atom. The van der Waals surface area contributed by atoms with Crippen molar-refractivity contribution in [3.63, 3.8) is 0 Å². The van der Waals surface area contributed by atoms with Gasteiger partial charge in [0.25, 0.3) is 6.71 Å². The monoisotopic (exact) mass is 658 g/mol. The van der Waals surface area contributed by atoms with Gasteiger partial charge in [-0.25, -0.2) is 0 Å². The molecular weight excluding hydrogens is 599 g/mol. The molecule has 2 nitrogen and oxygen atoms in total. The van der Waals surface area contributed by atoms with Gasteiger partial charge in [-0.15, -0.1) is 17.9 Å². The number of anilines is 1. The summed E-state index contributed by atoms with van der Waals surface area (Å²) in [5, 5.41) is 1.44. The van der Waals surface area contributed by atoms with Gasteiger partial charge in [-0.05, 0) is 103 Å². The molecule has 0 fully saturated rings. The van der Waals surface area contributed by atoms with Gasteiger partial charge in [0, 0.05) is 32.8 Å². The molecule has 0 spiro atoms. The summed E-state index contributed by atoms with van der Waals surface area (Å²) in [4.78, 5) is 5.18. The van der Waals surface area contributed by atoms with Gasteiger partial charge in [0.2, 0.25) is 0 Å². The highest BCUT2D eigenvalue weighted by Gasteiger charge is 2.42. The molecule has 1 aromatic carbocycles. The Balaban J connectivity index is 1.53. The molecule has 4 heteroatoms. The predicted octanol–water partition coefficient (Wildman–Crippen LogP) is 11.6. The van der Waals surface area contributed by atoms with E-state index in [1.807, 2.05) is 11.3 Å². The van der Waals surface area contributed by atoms with Crippen LogP contribution in [0.4, 0.5) is 5.69 Å². The molecule has 0 saturated carbocycles. The van der Waals surface area contributed by atoms with E-state index in [2.05, 4.69) is 159 Å². The number of hydrogen-bond acceptors (Lipinski definition) is 3. The van der Waals surface area contributed by atoms with Gasteiger partial charge in [0.05, 0.1) is 11.7 Å². The fraction of sp³-hybridized carbons (Fsp3) is 0.500. The van der Waals surface area contributed by atoms with E-state index in [0.29, 0.717) is 18.5 Å². The maximum absolute atomic E-state index is 4.29. The summed E-state index contributed by atoms with van der Waals surface area (Å²) in [5.41, 5.74) is 10.6. The summed E-state index contributed by atoms with van der Waals surface area (Å²) < 4.78 is 2.93. The fourth-order valence-corrected chi connectivity index (χ4v) is 9.68. The molecule has 4 aliphatic rings. The second-order valence-electron chi connectivity index (χ2n) is 17.6. The molecule has 0 saturated heterocycles. The van der Waals surface area contributed by atoms with Gasteiger partial charge < -0.3 is 9.80 Å². The third-order valence-electron chi connectivity index (χ3n) is 11.5. The van der Waals surface area contributed by atoms with Crippen molar-refractivity contribution in [2.75, 3.05) is 11.4 Å². The Morgan fingerprint density at radius 3 is 2.40 bits per heavy atom. The second kappa shape index (κ2) is 12.7. The van der Waals surface area contributed by atoms with Crippen LogP contribution in [-0.4, -0.2) is 24.2 Å². The summed E-state index contributed by atoms with van der Waals surface area (Å²) in [6.45, 7) is 31.3. The van der Waals surface area contributed by atoms with Gasteiger partial charge >= 0.3 is 0 Å². The number of allylic oxidation sites excluding steroid dienone is 6. The lowest BCUT2D eigenvalue weighted by atomic mass is 9.40. The average molecular weight is 659 g/mol. The molecule has 2 unspecified atom stereocenters. The van der Waals surface area contributed by atoms with Crippen molar-refractivity contribution in [3.05, 3.63) is 107 Å². The van der Waals surface area contributed by atoms with Crippen LogP contribution in [0.1, 0.15) is 113 Å². The molecule has 2 aliphatic heterocycles. The first-order valence-corrected chi connectivity index (χ1v) is 19.3. The van der Waals surface area contributed by atoms with E-state index in [9.17, 15) is 0 Å². The van der Waals surface area contributed by atoms with Crippen molar-refractivity contribution in [1.29, 1.82) is 0 Å². The molecule has 0 N–H and O–H groups in total. The van der Waals surface area contributed by atoms with Gasteiger partial charge in [-0.2, -0.15) is 0 Å². The zero-order valence-corrected chi connectivity index (χ0v) is 32.5. The van der Waals surface area contributed by atoms with E-state index in [1.54, 1.807) is 11.1 Å². The van der Waals surface area contributed by atoms with Crippen LogP contribution in [-0.2, 0) is 10.8 Å². The second-order valence-corrected chi connectivity index (χ2v) is 18.7. The smallest absolute Gasteiger partial charge is 0.250 e. The molecule has 1 aromatic heterocycles. The molecule has 3 heterocycles. The Bertz CT molecular complexity index is 1780. The highest BCUT2D eigenvalue weighted by atomic mass is 32.1. The highest BCUT2D eigenvalue weighted by Crippen LogP contribution is 2.50. The standard InChI is InChI=1S/C44H59BN2S/c1-13-16-32-23-31(29(3)4)18-19-38(32)47-28-33-27-46(34(14-2)17-15-20-42(6,7)8)30(5)26-45(33)41-40(47)35-24-36-37(25-39(35)48-41)44(11,12)22-21-43(36,9)10/h13-16,19-20,23-27,29,31,34H,2,17-18,21-22,28H2,1,3-12H3/b16-13+,20-15+. The van der Waals surface area contributed by atoms with Gasteiger partial charge in [0.15, 0.2) is 0 Å². The third kappa shape index (κ3) is 6.39. The van der Waals surface area contributed by atoms with E-state index >= 15 is 0 Å². The van der Waals surface area contributed by atoms with E-state index in [-0.39, 0.29) is 22.3 Å². The lowest BCUT2D eigenvalue weighted by Crippen LogP contribution is -2.48. The summed E-state index contributed by atoms with van der Waals surface area (Å²) in [6, 6.07) is 5.42. The number of rotatable bonds is 7. The largest absolute Gasteiger partial charge is 0.346 e. The maximum atomic E-state index is 4.29. The van der Waals surface area contributed by atoms with Crippen molar-refractivity contribution < 1.29 is 0 Å². The Hall–Kier alpha value is -2.98. The van der Waals surface area contributed by atoms with Gasteiger partial charge in [0.1, 0.15) is 0 Å². The number of thiophene rings is 1. The Morgan fingerprint density at radius 2 is 1.77 bits per heavy atom. The van der Waals surface area contributed by atoms with E-state index in [1.165, 1.54) is 55.8 Å². The van der Waals surface area contributed by atoms with Crippen LogP contribution in [0.5, 0.6) is 0 Å². The number of fused-ring (bicyclic) bond motifs is 6. The van der Waals surface area contributed by atoms with Crippen LogP contribution < -0.4 is 9.68 Å². The Kier molecular flexibility index (Phi) is 9.25. The lowest BCUT2D eigenvalue weighted by Gasteiger charge is -2.43. The average Bonchev–Trinajstić information content (AvgIpc) is 3.40. The molecule has 2 atom stereocenters. The first kappa shape index (κ1) is 34.9. The lowest BCUT2D eigenvalue weighted by molar-refractivity contribution is 0.332.